The minimum absolute atomic E-state index is 0.332. The van der Waals surface area contributed by atoms with E-state index in [9.17, 15) is 4.79 Å². The molecule has 5 nitrogen and oxygen atoms in total. The van der Waals surface area contributed by atoms with Gasteiger partial charge in [0.15, 0.2) is 0 Å². The molecular formula is C11H21N3O2. The molecule has 0 unspecified atom stereocenters. The lowest BCUT2D eigenvalue weighted by Crippen LogP contribution is -2.10. The highest BCUT2D eigenvalue weighted by molar-refractivity contribution is 5.92. The summed E-state index contributed by atoms with van der Waals surface area (Å²) in [7, 11) is 1.50. The Labute approximate surface area is 96.5 Å². The van der Waals surface area contributed by atoms with Gasteiger partial charge in [0.2, 0.25) is 5.91 Å². The molecule has 0 saturated carbocycles. The first-order valence-electron chi connectivity index (χ1n) is 5.02. The van der Waals surface area contributed by atoms with Crippen molar-refractivity contribution < 1.29 is 9.63 Å². The molecule has 0 aliphatic heterocycles. The Morgan fingerprint density at radius 2 is 1.62 bits per heavy atom. The minimum Gasteiger partial charge on any atom is -0.366 e. The lowest BCUT2D eigenvalue weighted by molar-refractivity contribution is 0.1000. The molecule has 0 aliphatic carbocycles. The van der Waals surface area contributed by atoms with Crippen LogP contribution in [0.15, 0.2) is 24.3 Å². The lowest BCUT2D eigenvalue weighted by atomic mass is 10.1. The molecular weight excluding hydrogens is 206 g/mol. The van der Waals surface area contributed by atoms with Crippen molar-refractivity contribution in [2.24, 2.45) is 17.4 Å². The monoisotopic (exact) mass is 227 g/mol. The predicted molar refractivity (Wildman–Crippen MR) is 65.4 cm³/mol. The van der Waals surface area contributed by atoms with Gasteiger partial charge in [0, 0.05) is 5.56 Å². The van der Waals surface area contributed by atoms with E-state index in [0.717, 1.165) is 5.56 Å². The first kappa shape index (κ1) is 17.0. The Morgan fingerprint density at radius 1 is 1.19 bits per heavy atom. The second-order valence-electron chi connectivity index (χ2n) is 2.37. The molecule has 1 rings (SSSR count). The van der Waals surface area contributed by atoms with Crippen LogP contribution in [0, 0.1) is 0 Å². The van der Waals surface area contributed by atoms with E-state index in [1.54, 1.807) is 24.3 Å². The number of carbonyl (C=O) groups is 1. The van der Waals surface area contributed by atoms with Crippen LogP contribution in [0.5, 0.6) is 0 Å². The van der Waals surface area contributed by atoms with Crippen molar-refractivity contribution in [3.63, 3.8) is 0 Å². The molecule has 1 amide bonds. The highest BCUT2D eigenvalue weighted by atomic mass is 16.6. The maximum Gasteiger partial charge on any atom is 0.248 e. The summed E-state index contributed by atoms with van der Waals surface area (Å²) in [6.45, 7) is 4.33. The van der Waals surface area contributed by atoms with Gasteiger partial charge < -0.3 is 11.5 Å². The second-order valence-corrected chi connectivity index (χ2v) is 2.37. The van der Waals surface area contributed by atoms with Crippen molar-refractivity contribution in [2.45, 2.75) is 20.5 Å². The fourth-order valence-corrected chi connectivity index (χ4v) is 0.861. The molecule has 0 aromatic heterocycles. The number of carbonyl (C=O) groups excluding carboxylic acids is 1. The van der Waals surface area contributed by atoms with Gasteiger partial charge in [-0.3, -0.25) is 9.63 Å². The molecule has 16 heavy (non-hydrogen) atoms. The van der Waals surface area contributed by atoms with Crippen LogP contribution >= 0.6 is 0 Å². The lowest BCUT2D eigenvalue weighted by Gasteiger charge is -1.99. The average molecular weight is 227 g/mol. The van der Waals surface area contributed by atoms with Gasteiger partial charge in [0.25, 0.3) is 0 Å². The molecule has 0 heterocycles. The molecule has 0 radical (unpaired) electrons. The SMILES string of the molecule is CC.CN.NOCc1ccc(C(N)=O)cc1. The van der Waals surface area contributed by atoms with E-state index in [0.29, 0.717) is 12.2 Å². The Hall–Kier alpha value is -1.43. The fraction of sp³-hybridized carbons (Fsp3) is 0.364. The highest BCUT2D eigenvalue weighted by Crippen LogP contribution is 2.03. The van der Waals surface area contributed by atoms with Crippen LogP contribution in [-0.2, 0) is 11.4 Å². The molecule has 6 N–H and O–H groups in total. The zero-order valence-electron chi connectivity index (χ0n) is 10.1. The molecule has 92 valence electrons. The number of amides is 1. The van der Waals surface area contributed by atoms with E-state index in [2.05, 4.69) is 10.6 Å². The van der Waals surface area contributed by atoms with Gasteiger partial charge in [-0.05, 0) is 24.7 Å². The van der Waals surface area contributed by atoms with Crippen molar-refractivity contribution in [2.75, 3.05) is 7.05 Å². The Bertz CT molecular complexity index is 273. The van der Waals surface area contributed by atoms with Gasteiger partial charge in [0.1, 0.15) is 0 Å². The van der Waals surface area contributed by atoms with Gasteiger partial charge in [-0.25, -0.2) is 5.90 Å². The van der Waals surface area contributed by atoms with E-state index in [-0.39, 0.29) is 0 Å². The zero-order valence-corrected chi connectivity index (χ0v) is 10.1. The topological polar surface area (TPSA) is 104 Å². The summed E-state index contributed by atoms with van der Waals surface area (Å²) in [6, 6.07) is 6.76. The second kappa shape index (κ2) is 11.6. The normalized spacial score (nSPS) is 8.06. The van der Waals surface area contributed by atoms with E-state index in [1.165, 1.54) is 7.05 Å². The largest absolute Gasteiger partial charge is 0.366 e. The quantitative estimate of drug-likeness (QED) is 0.663. The van der Waals surface area contributed by atoms with Gasteiger partial charge in [0.05, 0.1) is 6.61 Å². The van der Waals surface area contributed by atoms with Gasteiger partial charge in [-0.15, -0.1) is 0 Å². The van der Waals surface area contributed by atoms with Crippen molar-refractivity contribution in [3.8, 4) is 0 Å². The molecule has 0 bridgehead atoms. The Kier molecular flexibility index (Phi) is 12.4. The standard InChI is InChI=1S/C8H10N2O2.C2H6.CH5N/c9-8(11)7-3-1-6(2-4-7)5-12-10;2*1-2/h1-4H,5,10H2,(H2,9,11);1-2H3;2H2,1H3. The van der Waals surface area contributed by atoms with Crippen LogP contribution in [0.2, 0.25) is 0 Å². The fourth-order valence-electron chi connectivity index (χ4n) is 0.861. The van der Waals surface area contributed by atoms with Gasteiger partial charge in [-0.2, -0.15) is 0 Å². The molecule has 0 fully saturated rings. The molecule has 0 aliphatic rings. The number of hydrogen-bond donors (Lipinski definition) is 3. The van der Waals surface area contributed by atoms with Crippen LogP contribution in [0.25, 0.3) is 0 Å². The summed E-state index contributed by atoms with van der Waals surface area (Å²) in [5.41, 5.74) is 10.9. The van der Waals surface area contributed by atoms with Crippen molar-refractivity contribution in [1.29, 1.82) is 0 Å². The molecule has 0 atom stereocenters. The van der Waals surface area contributed by atoms with Crippen molar-refractivity contribution in [3.05, 3.63) is 35.4 Å². The maximum atomic E-state index is 10.6. The van der Waals surface area contributed by atoms with Gasteiger partial charge >= 0.3 is 0 Å². The number of hydrogen-bond acceptors (Lipinski definition) is 4. The summed E-state index contributed by atoms with van der Waals surface area (Å²) in [5.74, 6) is 4.43. The molecule has 0 saturated heterocycles. The van der Waals surface area contributed by atoms with Crippen LogP contribution in [0.1, 0.15) is 29.8 Å². The number of nitrogens with two attached hydrogens (primary N) is 3. The Balaban J connectivity index is 0. The number of benzene rings is 1. The summed E-state index contributed by atoms with van der Waals surface area (Å²) in [4.78, 5) is 15.0. The average Bonchev–Trinajstić information content (AvgIpc) is 2.35. The predicted octanol–water partition coefficient (Wildman–Crippen LogP) is 0.777. The minimum atomic E-state index is -0.435. The summed E-state index contributed by atoms with van der Waals surface area (Å²) in [5, 5.41) is 0. The van der Waals surface area contributed by atoms with Gasteiger partial charge in [-0.1, -0.05) is 26.0 Å². The third-order valence-electron chi connectivity index (χ3n) is 1.49. The molecule has 1 aromatic carbocycles. The van der Waals surface area contributed by atoms with E-state index in [1.807, 2.05) is 13.8 Å². The van der Waals surface area contributed by atoms with Crippen LogP contribution in [-0.4, -0.2) is 13.0 Å². The van der Waals surface area contributed by atoms with E-state index < -0.39 is 5.91 Å². The third kappa shape index (κ3) is 6.94. The summed E-state index contributed by atoms with van der Waals surface area (Å²) < 4.78 is 0. The molecule has 1 aromatic rings. The highest BCUT2D eigenvalue weighted by Gasteiger charge is 1.98. The summed E-state index contributed by atoms with van der Waals surface area (Å²) in [6.07, 6.45) is 0. The summed E-state index contributed by atoms with van der Waals surface area (Å²) >= 11 is 0. The zero-order chi connectivity index (χ0) is 13.0. The van der Waals surface area contributed by atoms with Crippen LogP contribution < -0.4 is 17.4 Å². The molecule has 5 heteroatoms. The molecule has 0 spiro atoms. The first-order valence-corrected chi connectivity index (χ1v) is 5.02. The maximum absolute atomic E-state index is 10.6. The van der Waals surface area contributed by atoms with Crippen LogP contribution in [0.4, 0.5) is 0 Å². The third-order valence-corrected chi connectivity index (χ3v) is 1.49. The first-order chi connectivity index (χ1) is 7.74. The smallest absolute Gasteiger partial charge is 0.248 e. The van der Waals surface area contributed by atoms with E-state index in [4.69, 9.17) is 11.6 Å². The van der Waals surface area contributed by atoms with E-state index >= 15 is 0 Å². The van der Waals surface area contributed by atoms with Crippen molar-refractivity contribution >= 4 is 5.91 Å². The van der Waals surface area contributed by atoms with Crippen molar-refractivity contribution in [1.82, 2.24) is 0 Å². The Morgan fingerprint density at radius 3 is 1.94 bits per heavy atom. The van der Waals surface area contributed by atoms with Crippen LogP contribution in [0.3, 0.4) is 0 Å². The number of primary amides is 1. The number of rotatable bonds is 3.